The van der Waals surface area contributed by atoms with E-state index in [1.807, 2.05) is 6.92 Å². The molecule has 0 spiro atoms. The lowest BCUT2D eigenvalue weighted by Gasteiger charge is -2.30. The van der Waals surface area contributed by atoms with Crippen LogP contribution in [0.1, 0.15) is 42.6 Å². The van der Waals surface area contributed by atoms with Crippen molar-refractivity contribution in [1.82, 2.24) is 4.90 Å². The van der Waals surface area contributed by atoms with E-state index in [-0.39, 0.29) is 18.6 Å². The van der Waals surface area contributed by atoms with Crippen LogP contribution in [0.25, 0.3) is 0 Å². The van der Waals surface area contributed by atoms with Crippen LogP contribution in [0, 0.1) is 5.92 Å². The number of piperidine rings is 1. The van der Waals surface area contributed by atoms with Crippen molar-refractivity contribution in [2.45, 2.75) is 39.2 Å². The Hall–Kier alpha value is -2.09. The summed E-state index contributed by atoms with van der Waals surface area (Å²) in [6.45, 7) is 5.08. The molecule has 27 heavy (non-hydrogen) atoms. The van der Waals surface area contributed by atoms with Gasteiger partial charge in [0.25, 0.3) is 5.91 Å². The molecule has 148 valence electrons. The minimum atomic E-state index is -3.37. The van der Waals surface area contributed by atoms with E-state index in [0.29, 0.717) is 36.7 Å². The van der Waals surface area contributed by atoms with E-state index in [0.717, 1.165) is 18.4 Å². The van der Waals surface area contributed by atoms with Gasteiger partial charge in [0.05, 0.1) is 17.5 Å². The molecule has 1 amide bonds. The van der Waals surface area contributed by atoms with Crippen LogP contribution in [0.15, 0.2) is 18.2 Å². The van der Waals surface area contributed by atoms with Gasteiger partial charge in [-0.25, -0.2) is 13.2 Å². The average Bonchev–Trinajstić information content (AvgIpc) is 2.94. The highest BCUT2D eigenvalue weighted by Gasteiger charge is 2.33. The number of likely N-dealkylation sites (tertiary alicyclic amines) is 1. The maximum absolute atomic E-state index is 12.3. The molecular weight excluding hydrogens is 368 g/mol. The van der Waals surface area contributed by atoms with Crippen LogP contribution in [0.2, 0.25) is 0 Å². The van der Waals surface area contributed by atoms with Crippen LogP contribution in [0.4, 0.5) is 5.69 Å². The molecule has 0 bridgehead atoms. The summed E-state index contributed by atoms with van der Waals surface area (Å²) in [6, 6.07) is 4.64. The Bertz CT molecular complexity index is 852. The Morgan fingerprint density at radius 3 is 2.67 bits per heavy atom. The molecule has 0 N–H and O–H groups in total. The Labute approximate surface area is 160 Å². The molecular formula is C19H26N2O5S. The van der Waals surface area contributed by atoms with Crippen LogP contribution >= 0.6 is 0 Å². The number of amides is 1. The Morgan fingerprint density at radius 2 is 2.00 bits per heavy atom. The standard InChI is InChI=1S/C19H26N2O5S/c1-13-5-4-8-20(11-13)18(22)12-26-19(23)15-6-7-17-16(10-15)9-14(2)21(17)27(3,24)25/h6-7,10,13-14H,4-5,8-9,11-12H2,1-3H3/t13-,14-/m0/s1. The molecule has 2 atom stereocenters. The number of hydrogen-bond acceptors (Lipinski definition) is 5. The van der Waals surface area contributed by atoms with Crippen LogP contribution in [0.3, 0.4) is 0 Å². The molecule has 8 heteroatoms. The number of benzene rings is 1. The van der Waals surface area contributed by atoms with Crippen molar-refractivity contribution in [3.8, 4) is 0 Å². The van der Waals surface area contributed by atoms with Crippen LogP contribution < -0.4 is 4.31 Å². The van der Waals surface area contributed by atoms with Crippen molar-refractivity contribution in [2.75, 3.05) is 30.3 Å². The highest BCUT2D eigenvalue weighted by molar-refractivity contribution is 7.92. The number of fused-ring (bicyclic) bond motifs is 1. The Balaban J connectivity index is 1.65. The average molecular weight is 394 g/mol. The van der Waals surface area contributed by atoms with E-state index < -0.39 is 16.0 Å². The van der Waals surface area contributed by atoms with Crippen LogP contribution in [-0.2, 0) is 26.0 Å². The third-order valence-corrected chi connectivity index (χ3v) is 6.43. The summed E-state index contributed by atoms with van der Waals surface area (Å²) in [6.07, 6.45) is 3.80. The fourth-order valence-corrected chi connectivity index (χ4v) is 5.22. The van der Waals surface area contributed by atoms with E-state index >= 15 is 0 Å². The van der Waals surface area contributed by atoms with Crippen LogP contribution in [0.5, 0.6) is 0 Å². The van der Waals surface area contributed by atoms with Gasteiger partial charge in [-0.05, 0) is 55.9 Å². The lowest BCUT2D eigenvalue weighted by Crippen LogP contribution is -2.41. The molecule has 1 fully saturated rings. The van der Waals surface area contributed by atoms with Crippen LogP contribution in [-0.4, -0.2) is 57.2 Å². The highest BCUT2D eigenvalue weighted by atomic mass is 32.2. The number of hydrogen-bond donors (Lipinski definition) is 0. The second kappa shape index (κ2) is 7.50. The van der Waals surface area contributed by atoms with E-state index in [4.69, 9.17) is 4.74 Å². The van der Waals surface area contributed by atoms with Gasteiger partial charge in [-0.2, -0.15) is 0 Å². The summed E-state index contributed by atoms with van der Waals surface area (Å²) in [5, 5.41) is 0. The summed E-state index contributed by atoms with van der Waals surface area (Å²) in [5.41, 5.74) is 1.72. The Kier molecular flexibility index (Phi) is 5.46. The second-order valence-corrected chi connectivity index (χ2v) is 9.48. The number of ether oxygens (including phenoxy) is 1. The van der Waals surface area contributed by atoms with Gasteiger partial charge < -0.3 is 9.64 Å². The smallest absolute Gasteiger partial charge is 0.338 e. The summed E-state index contributed by atoms with van der Waals surface area (Å²) >= 11 is 0. The zero-order chi connectivity index (χ0) is 19.8. The molecule has 2 heterocycles. The first kappa shape index (κ1) is 19.7. The normalized spacial score (nSPS) is 22.5. The molecule has 2 aliphatic rings. The van der Waals surface area contributed by atoms with Crippen molar-refractivity contribution >= 4 is 27.6 Å². The monoisotopic (exact) mass is 394 g/mol. The minimum absolute atomic E-state index is 0.173. The number of esters is 1. The van der Waals surface area contributed by atoms with E-state index in [1.54, 1.807) is 23.1 Å². The highest BCUT2D eigenvalue weighted by Crippen LogP contribution is 2.34. The second-order valence-electron chi connectivity index (χ2n) is 7.62. The summed E-state index contributed by atoms with van der Waals surface area (Å²) < 4.78 is 30.5. The lowest BCUT2D eigenvalue weighted by molar-refractivity contribution is -0.136. The van der Waals surface area contributed by atoms with E-state index in [1.165, 1.54) is 10.6 Å². The molecule has 2 aliphatic heterocycles. The molecule has 1 aromatic carbocycles. The maximum Gasteiger partial charge on any atom is 0.338 e. The minimum Gasteiger partial charge on any atom is -0.452 e. The molecule has 0 aliphatic carbocycles. The Morgan fingerprint density at radius 1 is 1.26 bits per heavy atom. The van der Waals surface area contributed by atoms with Crippen molar-refractivity contribution in [1.29, 1.82) is 0 Å². The molecule has 7 nitrogen and oxygen atoms in total. The first-order valence-corrected chi connectivity index (χ1v) is 11.1. The number of nitrogens with zero attached hydrogens (tertiary/aromatic N) is 2. The van der Waals surface area contributed by atoms with Crippen molar-refractivity contribution < 1.29 is 22.7 Å². The largest absolute Gasteiger partial charge is 0.452 e. The quantitative estimate of drug-likeness (QED) is 0.728. The SMILES string of the molecule is C[C@H]1CCCN(C(=O)COC(=O)c2ccc3c(c2)C[C@H](C)N3S(C)(=O)=O)C1. The van der Waals surface area contributed by atoms with Gasteiger partial charge in [-0.15, -0.1) is 0 Å². The number of anilines is 1. The van der Waals surface area contributed by atoms with Crippen molar-refractivity contribution in [3.05, 3.63) is 29.3 Å². The lowest BCUT2D eigenvalue weighted by atomic mass is 10.0. The molecule has 0 aromatic heterocycles. The van der Waals surface area contributed by atoms with Gasteiger partial charge in [0.2, 0.25) is 10.0 Å². The third-order valence-electron chi connectivity index (χ3n) is 5.16. The molecule has 0 saturated carbocycles. The van der Waals surface area contributed by atoms with Gasteiger partial charge in [0.1, 0.15) is 0 Å². The molecule has 0 radical (unpaired) electrons. The first-order chi connectivity index (χ1) is 12.7. The van der Waals surface area contributed by atoms with E-state index in [2.05, 4.69) is 6.92 Å². The van der Waals surface area contributed by atoms with Gasteiger partial charge in [0, 0.05) is 19.1 Å². The predicted molar refractivity (Wildman–Crippen MR) is 102 cm³/mol. The number of carbonyl (C=O) groups is 2. The molecule has 1 saturated heterocycles. The zero-order valence-corrected chi connectivity index (χ0v) is 16.8. The molecule has 3 rings (SSSR count). The van der Waals surface area contributed by atoms with Gasteiger partial charge >= 0.3 is 5.97 Å². The number of carbonyl (C=O) groups excluding carboxylic acids is 2. The van der Waals surface area contributed by atoms with E-state index in [9.17, 15) is 18.0 Å². The van der Waals surface area contributed by atoms with Gasteiger partial charge in [-0.3, -0.25) is 9.10 Å². The van der Waals surface area contributed by atoms with Gasteiger partial charge in [-0.1, -0.05) is 6.92 Å². The molecule has 0 unspecified atom stereocenters. The number of rotatable bonds is 4. The van der Waals surface area contributed by atoms with Gasteiger partial charge in [0.15, 0.2) is 6.61 Å². The third kappa shape index (κ3) is 4.26. The fourth-order valence-electron chi connectivity index (χ4n) is 3.95. The summed E-state index contributed by atoms with van der Waals surface area (Å²) in [4.78, 5) is 26.3. The molecule has 1 aromatic rings. The maximum atomic E-state index is 12.3. The zero-order valence-electron chi connectivity index (χ0n) is 16.0. The van der Waals surface area contributed by atoms with Crippen molar-refractivity contribution in [2.24, 2.45) is 5.92 Å². The number of sulfonamides is 1. The summed E-state index contributed by atoms with van der Waals surface area (Å²) in [5.74, 6) is -0.274. The first-order valence-electron chi connectivity index (χ1n) is 9.24. The fraction of sp³-hybridized carbons (Fsp3) is 0.579. The van der Waals surface area contributed by atoms with Crippen molar-refractivity contribution in [3.63, 3.8) is 0 Å². The topological polar surface area (TPSA) is 84.0 Å². The predicted octanol–water partition coefficient (Wildman–Crippen LogP) is 1.81. The summed E-state index contributed by atoms with van der Waals surface area (Å²) in [7, 11) is -3.37.